The maximum absolute atomic E-state index is 12.5. The number of hydrogen-bond acceptors (Lipinski definition) is 7. The molecule has 0 aliphatic carbocycles. The third kappa shape index (κ3) is 5.80. The number of methoxy groups -OCH3 is 1. The van der Waals surface area contributed by atoms with Gasteiger partial charge in [-0.15, -0.1) is 11.8 Å². The van der Waals surface area contributed by atoms with Crippen molar-refractivity contribution in [2.75, 3.05) is 12.9 Å². The quantitative estimate of drug-likeness (QED) is 0.528. The Bertz CT molecular complexity index is 913. The van der Waals surface area contributed by atoms with Crippen LogP contribution in [0, 0.1) is 5.92 Å². The van der Waals surface area contributed by atoms with Crippen LogP contribution >= 0.6 is 11.8 Å². The number of hydrogen-bond donors (Lipinski definition) is 1. The minimum Gasteiger partial charge on any atom is -0.497 e. The van der Waals surface area contributed by atoms with E-state index in [0.29, 0.717) is 23.9 Å². The van der Waals surface area contributed by atoms with Gasteiger partial charge in [0.2, 0.25) is 17.6 Å². The molecule has 152 valence electrons. The van der Waals surface area contributed by atoms with Crippen LogP contribution in [-0.2, 0) is 4.79 Å². The average molecular weight is 413 g/mol. The van der Waals surface area contributed by atoms with Gasteiger partial charge in [-0.3, -0.25) is 9.78 Å². The first-order chi connectivity index (χ1) is 14.1. The molecule has 0 saturated heterocycles. The molecule has 7 nitrogen and oxygen atoms in total. The van der Waals surface area contributed by atoms with Gasteiger partial charge in [0.25, 0.3) is 0 Å². The molecular formula is C21H24N4O3S. The maximum Gasteiger partial charge on any atom is 0.249 e. The van der Waals surface area contributed by atoms with Gasteiger partial charge in [0.1, 0.15) is 11.8 Å². The van der Waals surface area contributed by atoms with Crippen molar-refractivity contribution in [1.82, 2.24) is 20.4 Å². The van der Waals surface area contributed by atoms with Gasteiger partial charge in [-0.2, -0.15) is 4.98 Å². The van der Waals surface area contributed by atoms with E-state index in [1.54, 1.807) is 31.3 Å². The highest BCUT2D eigenvalue weighted by molar-refractivity contribution is 7.99. The first kappa shape index (κ1) is 20.9. The Balaban J connectivity index is 1.56. The highest BCUT2D eigenvalue weighted by Gasteiger charge is 2.24. The molecule has 29 heavy (non-hydrogen) atoms. The van der Waals surface area contributed by atoms with Crippen molar-refractivity contribution in [2.45, 2.75) is 31.2 Å². The average Bonchev–Trinajstić information content (AvgIpc) is 3.23. The molecule has 1 aromatic carbocycles. The molecule has 8 heteroatoms. The van der Waals surface area contributed by atoms with Crippen LogP contribution in [0.4, 0.5) is 0 Å². The fraction of sp³-hybridized carbons (Fsp3) is 0.333. The summed E-state index contributed by atoms with van der Waals surface area (Å²) < 4.78 is 10.6. The van der Waals surface area contributed by atoms with Crippen LogP contribution in [0.15, 0.2) is 58.2 Å². The monoisotopic (exact) mass is 412 g/mol. The van der Waals surface area contributed by atoms with E-state index in [-0.39, 0.29) is 17.9 Å². The highest BCUT2D eigenvalue weighted by atomic mass is 32.2. The fourth-order valence-electron chi connectivity index (χ4n) is 2.67. The Morgan fingerprint density at radius 2 is 2.03 bits per heavy atom. The Labute approximate surface area is 174 Å². The first-order valence-corrected chi connectivity index (χ1v) is 10.4. The molecule has 1 unspecified atom stereocenters. The Morgan fingerprint density at radius 3 is 2.69 bits per heavy atom. The summed E-state index contributed by atoms with van der Waals surface area (Å²) in [6, 6.07) is 11.1. The number of amides is 1. The van der Waals surface area contributed by atoms with Gasteiger partial charge in [0.05, 0.1) is 7.11 Å². The van der Waals surface area contributed by atoms with Crippen molar-refractivity contribution in [3.63, 3.8) is 0 Å². The topological polar surface area (TPSA) is 90.1 Å². The molecule has 0 saturated carbocycles. The molecule has 0 spiro atoms. The van der Waals surface area contributed by atoms with E-state index in [4.69, 9.17) is 9.26 Å². The molecule has 2 heterocycles. The fourth-order valence-corrected chi connectivity index (χ4v) is 3.52. The van der Waals surface area contributed by atoms with Gasteiger partial charge < -0.3 is 14.6 Å². The van der Waals surface area contributed by atoms with Gasteiger partial charge in [0.15, 0.2) is 0 Å². The SMILES string of the molecule is COc1ccc(SCCC(=O)NC(c2nc(-c3cccnc3)no2)C(C)C)cc1. The number of benzene rings is 1. The Kier molecular flexibility index (Phi) is 7.24. The molecule has 2 aromatic heterocycles. The number of carbonyl (C=O) groups is 1. The second kappa shape index (κ2) is 10.1. The zero-order valence-electron chi connectivity index (χ0n) is 16.7. The van der Waals surface area contributed by atoms with Crippen LogP contribution in [0.1, 0.15) is 32.2 Å². The van der Waals surface area contributed by atoms with Crippen molar-refractivity contribution in [1.29, 1.82) is 0 Å². The van der Waals surface area contributed by atoms with E-state index in [1.165, 1.54) is 0 Å². The van der Waals surface area contributed by atoms with Gasteiger partial charge in [-0.05, 0) is 42.3 Å². The van der Waals surface area contributed by atoms with E-state index in [0.717, 1.165) is 16.2 Å². The standard InChI is InChI=1S/C21H24N4O3S/c1-14(2)19(21-24-20(25-28-21)15-5-4-11-22-13-15)23-18(26)10-12-29-17-8-6-16(27-3)7-9-17/h4-9,11,13-14,19H,10,12H2,1-3H3,(H,23,26). The zero-order valence-corrected chi connectivity index (χ0v) is 17.5. The van der Waals surface area contributed by atoms with Crippen LogP contribution in [0.25, 0.3) is 11.4 Å². The third-order valence-corrected chi connectivity index (χ3v) is 5.28. The number of rotatable bonds is 9. The number of thioether (sulfide) groups is 1. The summed E-state index contributed by atoms with van der Waals surface area (Å²) in [5.41, 5.74) is 0.771. The van der Waals surface area contributed by atoms with E-state index >= 15 is 0 Å². The van der Waals surface area contributed by atoms with Crippen molar-refractivity contribution >= 4 is 17.7 Å². The third-order valence-electron chi connectivity index (χ3n) is 4.27. The zero-order chi connectivity index (χ0) is 20.6. The predicted octanol–water partition coefficient (Wildman–Crippen LogP) is 4.14. The number of carbonyl (C=O) groups excluding carboxylic acids is 1. The molecule has 0 bridgehead atoms. The van der Waals surface area contributed by atoms with Crippen molar-refractivity contribution < 1.29 is 14.1 Å². The minimum atomic E-state index is -0.341. The molecular weight excluding hydrogens is 388 g/mol. The van der Waals surface area contributed by atoms with E-state index in [9.17, 15) is 4.79 Å². The number of aromatic nitrogens is 3. The van der Waals surface area contributed by atoms with Gasteiger partial charge in [-0.1, -0.05) is 19.0 Å². The van der Waals surface area contributed by atoms with Gasteiger partial charge >= 0.3 is 0 Å². The van der Waals surface area contributed by atoms with Crippen LogP contribution < -0.4 is 10.1 Å². The van der Waals surface area contributed by atoms with Crippen LogP contribution in [0.3, 0.4) is 0 Å². The number of nitrogens with zero attached hydrogens (tertiary/aromatic N) is 3. The van der Waals surface area contributed by atoms with Crippen LogP contribution in [0.2, 0.25) is 0 Å². The number of nitrogens with one attached hydrogen (secondary N) is 1. The summed E-state index contributed by atoms with van der Waals surface area (Å²) in [5.74, 6) is 2.41. The maximum atomic E-state index is 12.5. The Morgan fingerprint density at radius 1 is 1.24 bits per heavy atom. The smallest absolute Gasteiger partial charge is 0.249 e. The molecule has 0 aliphatic heterocycles. The van der Waals surface area contributed by atoms with Crippen molar-refractivity contribution in [2.24, 2.45) is 5.92 Å². The molecule has 1 N–H and O–H groups in total. The summed E-state index contributed by atoms with van der Waals surface area (Å²) in [5, 5.41) is 7.04. The molecule has 3 rings (SSSR count). The molecule has 1 atom stereocenters. The molecule has 1 amide bonds. The van der Waals surface area contributed by atoms with E-state index in [2.05, 4.69) is 20.4 Å². The predicted molar refractivity (Wildman–Crippen MR) is 112 cm³/mol. The lowest BCUT2D eigenvalue weighted by Crippen LogP contribution is -2.32. The largest absolute Gasteiger partial charge is 0.497 e. The molecule has 0 radical (unpaired) electrons. The summed E-state index contributed by atoms with van der Waals surface area (Å²) in [7, 11) is 1.64. The van der Waals surface area contributed by atoms with E-state index < -0.39 is 0 Å². The lowest BCUT2D eigenvalue weighted by Gasteiger charge is -2.18. The lowest BCUT2D eigenvalue weighted by atomic mass is 10.0. The first-order valence-electron chi connectivity index (χ1n) is 9.37. The van der Waals surface area contributed by atoms with Gasteiger partial charge in [-0.25, -0.2) is 0 Å². The number of ether oxygens (including phenoxy) is 1. The summed E-state index contributed by atoms with van der Waals surface area (Å²) in [6.07, 6.45) is 3.75. The summed E-state index contributed by atoms with van der Waals surface area (Å²) in [4.78, 5) is 22.1. The second-order valence-corrected chi connectivity index (χ2v) is 7.93. The summed E-state index contributed by atoms with van der Waals surface area (Å²) in [6.45, 7) is 4.01. The van der Waals surface area contributed by atoms with Crippen LogP contribution in [-0.4, -0.2) is 33.9 Å². The Hall–Kier alpha value is -2.87. The van der Waals surface area contributed by atoms with Crippen molar-refractivity contribution in [3.8, 4) is 17.1 Å². The van der Waals surface area contributed by atoms with Crippen molar-refractivity contribution in [3.05, 3.63) is 54.7 Å². The summed E-state index contributed by atoms with van der Waals surface area (Å²) >= 11 is 1.63. The normalized spacial score (nSPS) is 12.0. The lowest BCUT2D eigenvalue weighted by molar-refractivity contribution is -0.122. The molecule has 0 aliphatic rings. The van der Waals surface area contributed by atoms with Gasteiger partial charge in [0, 0.05) is 35.0 Å². The molecule has 0 fully saturated rings. The molecule has 3 aromatic rings. The second-order valence-electron chi connectivity index (χ2n) is 6.76. The van der Waals surface area contributed by atoms with E-state index in [1.807, 2.05) is 50.2 Å². The number of pyridine rings is 1. The minimum absolute atomic E-state index is 0.0501. The van der Waals surface area contributed by atoms with Crippen LogP contribution in [0.5, 0.6) is 5.75 Å². The highest BCUT2D eigenvalue weighted by Crippen LogP contribution is 2.24.